The van der Waals surface area contributed by atoms with E-state index in [1.807, 2.05) is 13.3 Å². The Morgan fingerprint density at radius 3 is 2.88 bits per heavy atom. The Labute approximate surface area is 185 Å². The lowest BCUT2D eigenvalue weighted by molar-refractivity contribution is 0.174. The molecule has 0 aliphatic carbocycles. The number of hydrogen-bond acceptors (Lipinski definition) is 6. The minimum absolute atomic E-state index is 0.00145. The summed E-state index contributed by atoms with van der Waals surface area (Å²) in [5.74, 6) is 0.649. The van der Waals surface area contributed by atoms with E-state index < -0.39 is 18.3 Å². The van der Waals surface area contributed by atoms with Gasteiger partial charge in [-0.25, -0.2) is 19.2 Å². The van der Waals surface area contributed by atoms with Gasteiger partial charge in [-0.05, 0) is 51.3 Å². The number of anilines is 2. The van der Waals surface area contributed by atoms with Gasteiger partial charge >= 0.3 is 6.09 Å². The van der Waals surface area contributed by atoms with E-state index in [0.29, 0.717) is 11.8 Å². The van der Waals surface area contributed by atoms with E-state index in [2.05, 4.69) is 50.0 Å². The predicted octanol–water partition coefficient (Wildman–Crippen LogP) is 3.93. The average molecular weight is 436 g/mol. The van der Waals surface area contributed by atoms with Gasteiger partial charge < -0.3 is 14.6 Å². The number of carbonyl (C=O) groups excluding carboxylic acids is 1. The highest BCUT2D eigenvalue weighted by atomic mass is 19.1. The van der Waals surface area contributed by atoms with Crippen molar-refractivity contribution in [3.8, 4) is 5.69 Å². The molecule has 1 fully saturated rings. The van der Waals surface area contributed by atoms with Crippen LogP contribution in [-0.4, -0.2) is 44.4 Å². The number of cyclic esters (lactones) is 1. The highest BCUT2D eigenvalue weighted by Crippen LogP contribution is 2.31. The summed E-state index contributed by atoms with van der Waals surface area (Å²) in [7, 11) is 0. The molecule has 2 aliphatic heterocycles. The van der Waals surface area contributed by atoms with E-state index in [1.165, 1.54) is 28.6 Å². The summed E-state index contributed by atoms with van der Waals surface area (Å²) >= 11 is 0. The smallest absolute Gasteiger partial charge is 0.416 e. The molecule has 0 radical (unpaired) electrons. The lowest BCUT2D eigenvalue weighted by atomic mass is 9.98. The molecule has 5 rings (SSSR count). The van der Waals surface area contributed by atoms with Gasteiger partial charge in [0.25, 0.3) is 0 Å². The quantitative estimate of drug-likeness (QED) is 0.652. The van der Waals surface area contributed by atoms with Crippen LogP contribution in [0.5, 0.6) is 0 Å². The summed E-state index contributed by atoms with van der Waals surface area (Å²) in [6.07, 6.45) is 3.43. The Bertz CT molecular complexity index is 1180. The molecule has 1 amide bonds. The van der Waals surface area contributed by atoms with Crippen LogP contribution in [0, 0.1) is 6.92 Å². The van der Waals surface area contributed by atoms with E-state index >= 15 is 0 Å². The van der Waals surface area contributed by atoms with Gasteiger partial charge in [0, 0.05) is 17.6 Å². The zero-order chi connectivity index (χ0) is 22.4. The van der Waals surface area contributed by atoms with E-state index in [-0.39, 0.29) is 12.6 Å². The van der Waals surface area contributed by atoms with Crippen molar-refractivity contribution in [1.82, 2.24) is 19.5 Å². The molecule has 3 aromatic rings. The van der Waals surface area contributed by atoms with Crippen LogP contribution < -0.4 is 10.2 Å². The second kappa shape index (κ2) is 7.89. The van der Waals surface area contributed by atoms with Crippen LogP contribution in [-0.2, 0) is 17.6 Å². The molecule has 32 heavy (non-hydrogen) atoms. The lowest BCUT2D eigenvalue weighted by Crippen LogP contribution is -2.39. The minimum Gasteiger partial charge on any atom is -0.447 e. The molecule has 1 saturated heterocycles. The fourth-order valence-corrected chi connectivity index (χ4v) is 4.46. The second-order valence-corrected chi connectivity index (χ2v) is 8.37. The predicted molar refractivity (Wildman–Crippen MR) is 118 cm³/mol. The first-order valence-electron chi connectivity index (χ1n) is 10.8. The normalized spacial score (nSPS) is 19.2. The first-order chi connectivity index (χ1) is 15.4. The van der Waals surface area contributed by atoms with Crippen LogP contribution in [0.1, 0.15) is 42.4 Å². The van der Waals surface area contributed by atoms with Crippen molar-refractivity contribution in [2.45, 2.75) is 51.9 Å². The molecule has 3 atom stereocenters. The second-order valence-electron chi connectivity index (χ2n) is 8.37. The zero-order valence-corrected chi connectivity index (χ0v) is 18.2. The molecule has 0 spiro atoms. The van der Waals surface area contributed by atoms with Gasteiger partial charge in [0.1, 0.15) is 24.6 Å². The molecule has 0 bridgehead atoms. The fraction of sp³-hybridized carbons (Fsp3) is 0.391. The first kappa shape index (κ1) is 20.4. The highest BCUT2D eigenvalue weighted by Gasteiger charge is 2.39. The number of halogens is 1. The molecule has 2 aliphatic rings. The van der Waals surface area contributed by atoms with Crippen molar-refractivity contribution in [1.29, 1.82) is 0 Å². The standard InChI is InChI=1S/C23H25FN6O2/c1-13-4-6-17-16(10-13)5-7-18-21(26-12-29(17)18)15(3)27-22-25-9-8-20(28-22)30-19(14(2)24)11-32-23(30)31/h4,6,8-10,12,14-15,19H,5,7,11H2,1-3H3,(H,25,27,28)/t14-,15-,19?/m0/s1. The monoisotopic (exact) mass is 436 g/mol. The molecule has 0 saturated carbocycles. The summed E-state index contributed by atoms with van der Waals surface area (Å²) in [5, 5.41) is 3.28. The zero-order valence-electron chi connectivity index (χ0n) is 18.2. The number of ether oxygens (including phenoxy) is 1. The van der Waals surface area contributed by atoms with Crippen molar-refractivity contribution < 1.29 is 13.9 Å². The Hall–Kier alpha value is -3.49. The Balaban J connectivity index is 1.39. The summed E-state index contributed by atoms with van der Waals surface area (Å²) in [5.41, 5.74) is 5.84. The summed E-state index contributed by atoms with van der Waals surface area (Å²) in [4.78, 5) is 26.8. The van der Waals surface area contributed by atoms with Gasteiger partial charge in [-0.2, -0.15) is 4.98 Å². The average Bonchev–Trinajstić information content (AvgIpc) is 3.37. The number of nitrogens with one attached hydrogen (secondary N) is 1. The lowest BCUT2D eigenvalue weighted by Gasteiger charge is -2.23. The number of aromatic nitrogens is 4. The molecule has 1 aromatic carbocycles. The molecular weight excluding hydrogens is 411 g/mol. The van der Waals surface area contributed by atoms with E-state index in [9.17, 15) is 9.18 Å². The van der Waals surface area contributed by atoms with Crippen LogP contribution in [0.2, 0.25) is 0 Å². The van der Waals surface area contributed by atoms with Crippen molar-refractivity contribution >= 4 is 17.9 Å². The number of hydrogen-bond donors (Lipinski definition) is 1. The number of benzene rings is 1. The molecule has 1 unspecified atom stereocenters. The van der Waals surface area contributed by atoms with E-state index in [4.69, 9.17) is 4.74 Å². The third-order valence-electron chi connectivity index (χ3n) is 6.10. The maximum absolute atomic E-state index is 14.0. The Kier molecular flexibility index (Phi) is 5.03. The molecule has 2 aromatic heterocycles. The maximum atomic E-state index is 14.0. The van der Waals surface area contributed by atoms with Gasteiger partial charge in [-0.3, -0.25) is 4.90 Å². The van der Waals surface area contributed by atoms with Gasteiger partial charge in [-0.1, -0.05) is 17.7 Å². The number of imidazole rings is 1. The summed E-state index contributed by atoms with van der Waals surface area (Å²) in [6, 6.07) is 7.20. The number of nitrogens with zero attached hydrogens (tertiary/aromatic N) is 5. The van der Waals surface area contributed by atoms with Gasteiger partial charge in [0.15, 0.2) is 0 Å². The maximum Gasteiger partial charge on any atom is 0.416 e. The van der Waals surface area contributed by atoms with Crippen LogP contribution in [0.4, 0.5) is 21.0 Å². The van der Waals surface area contributed by atoms with Crippen molar-refractivity contribution in [2.75, 3.05) is 16.8 Å². The SMILES string of the molecule is Cc1ccc2c(c1)CCc1c([C@H](C)Nc3nccc(N4C(=O)OCC4[C@H](C)F)n3)ncn1-2. The number of alkyl halides is 1. The Morgan fingerprint density at radius 2 is 2.06 bits per heavy atom. The highest BCUT2D eigenvalue weighted by molar-refractivity contribution is 5.89. The number of aryl methyl sites for hydroxylation is 2. The molecular formula is C23H25FN6O2. The third-order valence-corrected chi connectivity index (χ3v) is 6.10. The summed E-state index contributed by atoms with van der Waals surface area (Å²) < 4.78 is 21.1. The molecule has 4 heterocycles. The number of amides is 1. The van der Waals surface area contributed by atoms with Gasteiger partial charge in [0.05, 0.1) is 18.1 Å². The number of rotatable bonds is 5. The Morgan fingerprint density at radius 1 is 1.22 bits per heavy atom. The van der Waals surface area contributed by atoms with Crippen LogP contribution >= 0.6 is 0 Å². The van der Waals surface area contributed by atoms with Crippen LogP contribution in [0.25, 0.3) is 5.69 Å². The van der Waals surface area contributed by atoms with Crippen molar-refractivity contribution in [2.24, 2.45) is 0 Å². The number of carbonyl (C=O) groups is 1. The third kappa shape index (κ3) is 3.47. The van der Waals surface area contributed by atoms with Gasteiger partial charge in [0.2, 0.25) is 5.95 Å². The van der Waals surface area contributed by atoms with Crippen molar-refractivity contribution in [3.63, 3.8) is 0 Å². The molecule has 8 nitrogen and oxygen atoms in total. The van der Waals surface area contributed by atoms with Crippen molar-refractivity contribution in [3.05, 3.63) is 59.3 Å². The minimum atomic E-state index is -1.24. The van der Waals surface area contributed by atoms with Gasteiger partial charge in [-0.15, -0.1) is 0 Å². The first-order valence-corrected chi connectivity index (χ1v) is 10.8. The molecule has 166 valence electrons. The van der Waals surface area contributed by atoms with Crippen LogP contribution in [0.3, 0.4) is 0 Å². The fourth-order valence-electron chi connectivity index (χ4n) is 4.46. The van der Waals surface area contributed by atoms with Crippen LogP contribution in [0.15, 0.2) is 36.8 Å². The molecule has 9 heteroatoms. The van der Waals surface area contributed by atoms with E-state index in [1.54, 1.807) is 12.3 Å². The van der Waals surface area contributed by atoms with E-state index in [0.717, 1.165) is 24.2 Å². The topological polar surface area (TPSA) is 85.2 Å². The summed E-state index contributed by atoms with van der Waals surface area (Å²) in [6.45, 7) is 5.51. The largest absolute Gasteiger partial charge is 0.447 e. The molecule has 1 N–H and O–H groups in total. The number of fused-ring (bicyclic) bond motifs is 3.